The first-order valence-electron chi connectivity index (χ1n) is 7.40. The molecule has 1 unspecified atom stereocenters. The van der Waals surface area contributed by atoms with Crippen molar-refractivity contribution in [1.82, 2.24) is 9.97 Å². The van der Waals surface area contributed by atoms with Crippen LogP contribution in [0.25, 0.3) is 0 Å². The highest BCUT2D eigenvalue weighted by Crippen LogP contribution is 2.30. The maximum absolute atomic E-state index is 12.6. The molecule has 0 radical (unpaired) electrons. The molecule has 1 saturated heterocycles. The van der Waals surface area contributed by atoms with Crippen LogP contribution in [0.3, 0.4) is 0 Å². The summed E-state index contributed by atoms with van der Waals surface area (Å²) in [5.41, 5.74) is 0.386. The minimum Gasteiger partial charge on any atom is -0.365 e. The van der Waals surface area contributed by atoms with Crippen molar-refractivity contribution in [2.45, 2.75) is 19.1 Å². The number of piperazine rings is 1. The summed E-state index contributed by atoms with van der Waals surface area (Å²) in [6, 6.07) is 6.68. The highest BCUT2D eigenvalue weighted by Gasteiger charge is 2.31. The number of pyridine rings is 2. The van der Waals surface area contributed by atoms with Gasteiger partial charge in [-0.2, -0.15) is 13.2 Å². The van der Waals surface area contributed by atoms with Crippen molar-refractivity contribution in [3.8, 4) is 0 Å². The van der Waals surface area contributed by atoms with E-state index < -0.39 is 11.7 Å². The van der Waals surface area contributed by atoms with Crippen LogP contribution in [0.15, 0.2) is 42.9 Å². The zero-order chi connectivity index (χ0) is 16.4. The molecular formula is C16H17F3N4. The van der Waals surface area contributed by atoms with Gasteiger partial charge in [-0.25, -0.2) is 4.98 Å². The molecule has 0 saturated carbocycles. The molecule has 0 aliphatic carbocycles. The first-order chi connectivity index (χ1) is 10.9. The van der Waals surface area contributed by atoms with Crippen molar-refractivity contribution in [3.05, 3.63) is 48.4 Å². The molecular weight excluding hydrogens is 305 g/mol. The average molecular weight is 322 g/mol. The quantitative estimate of drug-likeness (QED) is 0.850. The van der Waals surface area contributed by atoms with Crippen molar-refractivity contribution < 1.29 is 13.2 Å². The minimum atomic E-state index is -4.35. The number of rotatable bonds is 2. The summed E-state index contributed by atoms with van der Waals surface area (Å²) in [7, 11) is 0. The van der Waals surface area contributed by atoms with Gasteiger partial charge in [0.1, 0.15) is 5.82 Å². The lowest BCUT2D eigenvalue weighted by molar-refractivity contribution is -0.137. The lowest BCUT2D eigenvalue weighted by atomic mass is 10.1. The van der Waals surface area contributed by atoms with Gasteiger partial charge in [-0.15, -0.1) is 0 Å². The van der Waals surface area contributed by atoms with E-state index in [1.54, 1.807) is 12.4 Å². The van der Waals surface area contributed by atoms with E-state index >= 15 is 0 Å². The van der Waals surface area contributed by atoms with Crippen LogP contribution >= 0.6 is 0 Å². The molecule has 1 atom stereocenters. The molecule has 0 aromatic carbocycles. The lowest BCUT2D eigenvalue weighted by Gasteiger charge is -2.41. The third kappa shape index (κ3) is 3.38. The molecule has 2 aromatic heterocycles. The van der Waals surface area contributed by atoms with Crippen LogP contribution in [-0.4, -0.2) is 35.6 Å². The number of anilines is 2. The molecule has 0 bridgehead atoms. The smallest absolute Gasteiger partial charge is 0.365 e. The van der Waals surface area contributed by atoms with Crippen LogP contribution in [0.4, 0.5) is 24.7 Å². The third-order valence-electron chi connectivity index (χ3n) is 4.02. The molecule has 2 aromatic rings. The highest BCUT2D eigenvalue weighted by atomic mass is 19.4. The Morgan fingerprint density at radius 1 is 1.09 bits per heavy atom. The number of hydrogen-bond acceptors (Lipinski definition) is 4. The van der Waals surface area contributed by atoms with Crippen LogP contribution < -0.4 is 9.80 Å². The summed E-state index contributed by atoms with van der Waals surface area (Å²) in [6.45, 7) is 4.30. The number of alkyl halides is 3. The molecule has 23 heavy (non-hydrogen) atoms. The van der Waals surface area contributed by atoms with Gasteiger partial charge in [-0.05, 0) is 31.2 Å². The molecule has 4 nitrogen and oxygen atoms in total. The second kappa shape index (κ2) is 6.06. The van der Waals surface area contributed by atoms with Gasteiger partial charge < -0.3 is 9.80 Å². The first kappa shape index (κ1) is 15.6. The van der Waals surface area contributed by atoms with Gasteiger partial charge in [0.2, 0.25) is 0 Å². The van der Waals surface area contributed by atoms with Crippen molar-refractivity contribution >= 4 is 11.5 Å². The number of aromatic nitrogens is 2. The molecule has 1 fully saturated rings. The normalized spacial score (nSPS) is 19.0. The maximum Gasteiger partial charge on any atom is 0.417 e. The summed E-state index contributed by atoms with van der Waals surface area (Å²) >= 11 is 0. The van der Waals surface area contributed by atoms with Crippen LogP contribution in [0, 0.1) is 0 Å². The second-order valence-electron chi connectivity index (χ2n) is 5.60. The van der Waals surface area contributed by atoms with Crippen molar-refractivity contribution in [2.24, 2.45) is 0 Å². The summed E-state index contributed by atoms with van der Waals surface area (Å²) in [4.78, 5) is 12.3. The fourth-order valence-electron chi connectivity index (χ4n) is 2.83. The van der Waals surface area contributed by atoms with Crippen LogP contribution in [0.2, 0.25) is 0 Å². The van der Waals surface area contributed by atoms with E-state index in [2.05, 4.69) is 21.8 Å². The zero-order valence-corrected chi connectivity index (χ0v) is 12.7. The fourth-order valence-corrected chi connectivity index (χ4v) is 2.83. The molecule has 3 heterocycles. The highest BCUT2D eigenvalue weighted by molar-refractivity contribution is 5.49. The van der Waals surface area contributed by atoms with E-state index in [0.717, 1.165) is 24.5 Å². The van der Waals surface area contributed by atoms with Crippen LogP contribution in [0.5, 0.6) is 0 Å². The van der Waals surface area contributed by atoms with Gasteiger partial charge in [0.05, 0.1) is 5.56 Å². The molecule has 0 spiro atoms. The Morgan fingerprint density at radius 2 is 1.83 bits per heavy atom. The SMILES string of the molecule is CC1CN(c2ccc(C(F)(F)F)cn2)CCN1c1ccncc1. The van der Waals surface area contributed by atoms with E-state index in [1.807, 2.05) is 17.0 Å². The second-order valence-corrected chi connectivity index (χ2v) is 5.60. The van der Waals surface area contributed by atoms with E-state index in [0.29, 0.717) is 18.9 Å². The Bertz CT molecular complexity index is 643. The van der Waals surface area contributed by atoms with Crippen LogP contribution in [-0.2, 0) is 6.18 Å². The zero-order valence-electron chi connectivity index (χ0n) is 12.7. The predicted octanol–water partition coefficient (Wildman–Crippen LogP) is 3.21. The molecule has 122 valence electrons. The topological polar surface area (TPSA) is 32.3 Å². The maximum atomic E-state index is 12.6. The van der Waals surface area contributed by atoms with Crippen molar-refractivity contribution in [1.29, 1.82) is 0 Å². The number of nitrogens with zero attached hydrogens (tertiary/aromatic N) is 4. The van der Waals surface area contributed by atoms with Gasteiger partial charge in [-0.3, -0.25) is 4.98 Å². The summed E-state index contributed by atoms with van der Waals surface area (Å²) in [5, 5.41) is 0. The average Bonchev–Trinajstić information content (AvgIpc) is 2.55. The molecule has 7 heteroatoms. The van der Waals surface area contributed by atoms with Gasteiger partial charge in [0.25, 0.3) is 0 Å². The molecule has 0 N–H and O–H groups in total. The van der Waals surface area contributed by atoms with E-state index in [1.165, 1.54) is 6.07 Å². The Morgan fingerprint density at radius 3 is 2.39 bits per heavy atom. The van der Waals surface area contributed by atoms with Gasteiger partial charge in [0, 0.05) is 50.0 Å². The Hall–Kier alpha value is -2.31. The van der Waals surface area contributed by atoms with E-state index in [-0.39, 0.29) is 6.04 Å². The molecule has 1 aliphatic rings. The summed E-state index contributed by atoms with van der Waals surface area (Å²) in [5.74, 6) is 0.583. The lowest BCUT2D eigenvalue weighted by Crippen LogP contribution is -2.52. The number of hydrogen-bond donors (Lipinski definition) is 0. The van der Waals surface area contributed by atoms with Gasteiger partial charge >= 0.3 is 6.18 Å². The Balaban J connectivity index is 1.70. The van der Waals surface area contributed by atoms with E-state index in [9.17, 15) is 13.2 Å². The molecule has 0 amide bonds. The Labute approximate surface area is 132 Å². The largest absolute Gasteiger partial charge is 0.417 e. The third-order valence-corrected chi connectivity index (χ3v) is 4.02. The van der Waals surface area contributed by atoms with E-state index in [4.69, 9.17) is 0 Å². The fraction of sp³-hybridized carbons (Fsp3) is 0.375. The van der Waals surface area contributed by atoms with Crippen molar-refractivity contribution in [3.63, 3.8) is 0 Å². The first-order valence-corrected chi connectivity index (χ1v) is 7.40. The van der Waals surface area contributed by atoms with Crippen molar-refractivity contribution in [2.75, 3.05) is 29.4 Å². The minimum absolute atomic E-state index is 0.232. The summed E-state index contributed by atoms with van der Waals surface area (Å²) in [6.07, 6.45) is 0.0613. The molecule has 1 aliphatic heterocycles. The number of halogens is 3. The molecule has 3 rings (SSSR count). The van der Waals surface area contributed by atoms with Crippen LogP contribution in [0.1, 0.15) is 12.5 Å². The van der Waals surface area contributed by atoms with Gasteiger partial charge in [-0.1, -0.05) is 0 Å². The standard InChI is InChI=1S/C16H17F3N4/c1-12-11-22(8-9-23(12)14-4-6-20-7-5-14)15-3-2-13(10-21-15)16(17,18)19/h2-7,10,12H,8-9,11H2,1H3. The summed E-state index contributed by atoms with van der Waals surface area (Å²) < 4.78 is 37.8. The van der Waals surface area contributed by atoms with Gasteiger partial charge in [0.15, 0.2) is 0 Å². The Kier molecular flexibility index (Phi) is 4.11. The predicted molar refractivity (Wildman–Crippen MR) is 82.5 cm³/mol. The monoisotopic (exact) mass is 322 g/mol.